The lowest BCUT2D eigenvalue weighted by molar-refractivity contribution is -0.384. The molecule has 0 amide bonds. The highest BCUT2D eigenvalue weighted by atomic mass is 16.6. The van der Waals surface area contributed by atoms with E-state index in [1.807, 2.05) is 6.92 Å². The quantitative estimate of drug-likeness (QED) is 0.448. The summed E-state index contributed by atoms with van der Waals surface area (Å²) in [6.45, 7) is 2.37. The predicted molar refractivity (Wildman–Crippen MR) is 73.6 cm³/mol. The van der Waals surface area contributed by atoms with Crippen LogP contribution in [0.3, 0.4) is 0 Å². The Morgan fingerprint density at radius 2 is 2.11 bits per heavy atom. The first-order valence-corrected chi connectivity index (χ1v) is 6.20. The Morgan fingerprint density at radius 1 is 1.47 bits per heavy atom. The third kappa shape index (κ3) is 4.70. The molecule has 19 heavy (non-hydrogen) atoms. The summed E-state index contributed by atoms with van der Waals surface area (Å²) < 4.78 is 0. The molecule has 2 atom stereocenters. The van der Waals surface area contributed by atoms with E-state index in [1.165, 1.54) is 12.1 Å². The van der Waals surface area contributed by atoms with E-state index in [0.717, 1.165) is 12.8 Å². The number of aliphatic hydroxyl groups is 1. The van der Waals surface area contributed by atoms with E-state index in [2.05, 4.69) is 11.2 Å². The SMILES string of the molecule is C#CC(CCC)NCC(O)c1ccc([N+](=O)[O-])cc1. The van der Waals surface area contributed by atoms with E-state index in [-0.39, 0.29) is 11.7 Å². The van der Waals surface area contributed by atoms with Crippen molar-refractivity contribution in [2.45, 2.75) is 31.9 Å². The molecule has 1 aromatic rings. The van der Waals surface area contributed by atoms with Crippen LogP contribution in [0.15, 0.2) is 24.3 Å². The minimum absolute atomic E-state index is 0.0105. The molecule has 0 bridgehead atoms. The van der Waals surface area contributed by atoms with Gasteiger partial charge in [-0.25, -0.2) is 0 Å². The normalized spacial score (nSPS) is 13.5. The zero-order chi connectivity index (χ0) is 14.3. The minimum Gasteiger partial charge on any atom is -0.387 e. The monoisotopic (exact) mass is 262 g/mol. The summed E-state index contributed by atoms with van der Waals surface area (Å²) >= 11 is 0. The molecule has 0 spiro atoms. The fourth-order valence-corrected chi connectivity index (χ4v) is 1.72. The van der Waals surface area contributed by atoms with Gasteiger partial charge >= 0.3 is 0 Å². The lowest BCUT2D eigenvalue weighted by Crippen LogP contribution is -2.31. The van der Waals surface area contributed by atoms with Crippen LogP contribution in [0.5, 0.6) is 0 Å². The molecule has 0 saturated heterocycles. The van der Waals surface area contributed by atoms with Gasteiger partial charge in [0.1, 0.15) is 0 Å². The molecule has 0 saturated carbocycles. The standard InChI is InChI=1S/C14H18N2O3/c1-3-5-12(4-2)15-10-14(17)11-6-8-13(9-7-11)16(18)19/h2,6-9,12,14-15,17H,3,5,10H2,1H3. The molecule has 1 aromatic carbocycles. The van der Waals surface area contributed by atoms with Gasteiger partial charge in [0.05, 0.1) is 17.1 Å². The lowest BCUT2D eigenvalue weighted by Gasteiger charge is -2.16. The van der Waals surface area contributed by atoms with Crippen LogP contribution in [0.1, 0.15) is 31.4 Å². The molecule has 0 aromatic heterocycles. The van der Waals surface area contributed by atoms with Crippen LogP contribution in [-0.2, 0) is 0 Å². The van der Waals surface area contributed by atoms with Crippen molar-refractivity contribution in [3.05, 3.63) is 39.9 Å². The lowest BCUT2D eigenvalue weighted by atomic mass is 10.1. The van der Waals surface area contributed by atoms with Crippen molar-refractivity contribution in [1.29, 1.82) is 0 Å². The number of nitro groups is 1. The Kier molecular flexibility index (Phi) is 6.00. The summed E-state index contributed by atoms with van der Waals surface area (Å²) in [4.78, 5) is 10.0. The Morgan fingerprint density at radius 3 is 2.58 bits per heavy atom. The van der Waals surface area contributed by atoms with E-state index < -0.39 is 11.0 Å². The van der Waals surface area contributed by atoms with Crippen molar-refractivity contribution in [2.75, 3.05) is 6.54 Å². The van der Waals surface area contributed by atoms with E-state index in [4.69, 9.17) is 6.42 Å². The van der Waals surface area contributed by atoms with Gasteiger partial charge in [0.15, 0.2) is 0 Å². The van der Waals surface area contributed by atoms with Crippen LogP contribution in [-0.4, -0.2) is 22.6 Å². The first-order chi connectivity index (χ1) is 9.08. The number of hydrogen-bond donors (Lipinski definition) is 2. The topological polar surface area (TPSA) is 75.4 Å². The molecule has 0 radical (unpaired) electrons. The number of nitrogens with one attached hydrogen (secondary N) is 1. The van der Waals surface area contributed by atoms with Gasteiger partial charge in [0.25, 0.3) is 5.69 Å². The third-order valence-corrected chi connectivity index (χ3v) is 2.82. The number of nitro benzene ring substituents is 1. The van der Waals surface area contributed by atoms with Gasteiger partial charge in [-0.3, -0.25) is 10.1 Å². The molecule has 0 heterocycles. The minimum atomic E-state index is -0.728. The van der Waals surface area contributed by atoms with Gasteiger partial charge in [-0.15, -0.1) is 6.42 Å². The Bertz CT molecular complexity index is 451. The summed E-state index contributed by atoms with van der Waals surface area (Å²) in [5.74, 6) is 2.62. The first kappa shape index (κ1) is 15.2. The van der Waals surface area contributed by atoms with Crippen LogP contribution in [0, 0.1) is 22.5 Å². The van der Waals surface area contributed by atoms with Gasteiger partial charge in [0.2, 0.25) is 0 Å². The Hall–Kier alpha value is -1.90. The molecule has 102 valence electrons. The zero-order valence-corrected chi connectivity index (χ0v) is 10.9. The highest BCUT2D eigenvalue weighted by molar-refractivity contribution is 5.33. The van der Waals surface area contributed by atoms with E-state index in [0.29, 0.717) is 12.1 Å². The van der Waals surface area contributed by atoms with Crippen LogP contribution >= 0.6 is 0 Å². The Labute approximate surface area is 112 Å². The molecular weight excluding hydrogens is 244 g/mol. The maximum Gasteiger partial charge on any atom is 0.269 e. The van der Waals surface area contributed by atoms with Crippen molar-refractivity contribution >= 4 is 5.69 Å². The molecule has 0 aliphatic heterocycles. The molecule has 5 heteroatoms. The summed E-state index contributed by atoms with van der Waals surface area (Å²) in [6.07, 6.45) is 6.46. The second-order valence-corrected chi connectivity index (χ2v) is 4.28. The van der Waals surface area contributed by atoms with Gasteiger partial charge in [-0.2, -0.15) is 0 Å². The van der Waals surface area contributed by atoms with Gasteiger partial charge < -0.3 is 10.4 Å². The average molecular weight is 262 g/mol. The number of aliphatic hydroxyl groups excluding tert-OH is 1. The fraction of sp³-hybridized carbons (Fsp3) is 0.429. The number of terminal acetylenes is 1. The van der Waals surface area contributed by atoms with Crippen molar-refractivity contribution < 1.29 is 10.0 Å². The summed E-state index contributed by atoms with van der Waals surface area (Å²) in [5, 5.41) is 23.6. The van der Waals surface area contributed by atoms with Crippen LogP contribution < -0.4 is 5.32 Å². The van der Waals surface area contributed by atoms with Gasteiger partial charge in [0, 0.05) is 18.7 Å². The second-order valence-electron chi connectivity index (χ2n) is 4.28. The number of nitrogens with zero attached hydrogens (tertiary/aromatic N) is 1. The number of hydrogen-bond acceptors (Lipinski definition) is 4. The Balaban J connectivity index is 2.56. The van der Waals surface area contributed by atoms with Gasteiger partial charge in [-0.05, 0) is 24.1 Å². The van der Waals surface area contributed by atoms with Crippen molar-refractivity contribution in [2.24, 2.45) is 0 Å². The smallest absolute Gasteiger partial charge is 0.269 e. The van der Waals surface area contributed by atoms with Crippen LogP contribution in [0.25, 0.3) is 0 Å². The van der Waals surface area contributed by atoms with E-state index >= 15 is 0 Å². The van der Waals surface area contributed by atoms with E-state index in [1.54, 1.807) is 12.1 Å². The van der Waals surface area contributed by atoms with Crippen molar-refractivity contribution in [3.8, 4) is 12.3 Å². The average Bonchev–Trinajstić information content (AvgIpc) is 2.43. The number of rotatable bonds is 7. The maximum atomic E-state index is 10.5. The first-order valence-electron chi connectivity index (χ1n) is 6.20. The number of non-ortho nitro benzene ring substituents is 1. The molecular formula is C14H18N2O3. The predicted octanol–water partition coefficient (Wildman–Crippen LogP) is 2.02. The largest absolute Gasteiger partial charge is 0.387 e. The van der Waals surface area contributed by atoms with Crippen LogP contribution in [0.4, 0.5) is 5.69 Å². The number of benzene rings is 1. The van der Waals surface area contributed by atoms with Crippen LogP contribution in [0.2, 0.25) is 0 Å². The van der Waals surface area contributed by atoms with Crippen molar-refractivity contribution in [3.63, 3.8) is 0 Å². The molecule has 1 rings (SSSR count). The molecule has 5 nitrogen and oxygen atoms in total. The highest BCUT2D eigenvalue weighted by Gasteiger charge is 2.12. The van der Waals surface area contributed by atoms with Crippen molar-refractivity contribution in [1.82, 2.24) is 5.32 Å². The summed E-state index contributed by atoms with van der Waals surface area (Å²) in [6, 6.07) is 5.80. The zero-order valence-electron chi connectivity index (χ0n) is 10.9. The maximum absolute atomic E-state index is 10.5. The summed E-state index contributed by atoms with van der Waals surface area (Å²) in [5.41, 5.74) is 0.641. The molecule has 0 fully saturated rings. The van der Waals surface area contributed by atoms with E-state index in [9.17, 15) is 15.2 Å². The molecule has 2 unspecified atom stereocenters. The molecule has 0 aliphatic carbocycles. The second kappa shape index (κ2) is 7.52. The summed E-state index contributed by atoms with van der Waals surface area (Å²) in [7, 11) is 0. The molecule has 2 N–H and O–H groups in total. The highest BCUT2D eigenvalue weighted by Crippen LogP contribution is 2.17. The fourth-order valence-electron chi connectivity index (χ4n) is 1.72. The van der Waals surface area contributed by atoms with Gasteiger partial charge in [-0.1, -0.05) is 19.3 Å². The molecule has 0 aliphatic rings. The third-order valence-electron chi connectivity index (χ3n) is 2.82.